The minimum absolute atomic E-state index is 0.144. The van der Waals surface area contributed by atoms with E-state index in [1.54, 1.807) is 0 Å². The summed E-state index contributed by atoms with van der Waals surface area (Å²) in [4.78, 5) is 23.4. The number of nitrogens with one attached hydrogen (secondary N) is 1. The van der Waals surface area contributed by atoms with Crippen molar-refractivity contribution < 1.29 is 28.2 Å². The quantitative estimate of drug-likeness (QED) is 0.504. The van der Waals surface area contributed by atoms with E-state index in [1.165, 1.54) is 24.3 Å². The highest BCUT2D eigenvalue weighted by Crippen LogP contribution is 2.24. The summed E-state index contributed by atoms with van der Waals surface area (Å²) < 4.78 is 33.0. The Labute approximate surface area is 177 Å². The van der Waals surface area contributed by atoms with Gasteiger partial charge in [0, 0.05) is 29.7 Å². The highest BCUT2D eigenvalue weighted by Gasteiger charge is 2.13. The largest absolute Gasteiger partial charge is 0.493 e. The van der Waals surface area contributed by atoms with Gasteiger partial charge in [-0.25, -0.2) is 13.6 Å². The molecule has 158 valence electrons. The summed E-state index contributed by atoms with van der Waals surface area (Å²) in [6, 6.07) is 16.8. The van der Waals surface area contributed by atoms with Crippen molar-refractivity contribution in [2.75, 3.05) is 11.9 Å². The third-order valence-electron chi connectivity index (χ3n) is 4.35. The Morgan fingerprint density at radius 3 is 2.52 bits per heavy atom. The van der Waals surface area contributed by atoms with Gasteiger partial charge in [0.15, 0.2) is 0 Å². The molecule has 3 rings (SSSR count). The molecule has 0 bridgehead atoms. The van der Waals surface area contributed by atoms with E-state index in [0.717, 1.165) is 29.8 Å². The maximum atomic E-state index is 13.8. The molecule has 5 nitrogen and oxygen atoms in total. The lowest BCUT2D eigenvalue weighted by Crippen LogP contribution is -2.14. The van der Waals surface area contributed by atoms with E-state index in [2.05, 4.69) is 5.32 Å². The number of benzene rings is 3. The van der Waals surface area contributed by atoms with Gasteiger partial charge in [-0.1, -0.05) is 36.4 Å². The molecule has 0 aliphatic heterocycles. The van der Waals surface area contributed by atoms with Crippen molar-refractivity contribution in [3.05, 3.63) is 101 Å². The minimum atomic E-state index is -1.13. The van der Waals surface area contributed by atoms with Crippen LogP contribution in [0, 0.1) is 11.6 Å². The predicted octanol–water partition coefficient (Wildman–Crippen LogP) is 4.94. The molecule has 0 spiro atoms. The Hall–Kier alpha value is -4.00. The molecule has 0 aromatic heterocycles. The third-order valence-corrected chi connectivity index (χ3v) is 4.35. The van der Waals surface area contributed by atoms with Crippen molar-refractivity contribution in [3.8, 4) is 5.75 Å². The number of carbonyl (C=O) groups excluding carboxylic acids is 1. The van der Waals surface area contributed by atoms with E-state index in [4.69, 9.17) is 9.84 Å². The van der Waals surface area contributed by atoms with E-state index in [-0.39, 0.29) is 11.3 Å². The van der Waals surface area contributed by atoms with E-state index in [1.807, 2.05) is 30.3 Å². The Morgan fingerprint density at radius 1 is 1.00 bits per heavy atom. The van der Waals surface area contributed by atoms with Crippen LogP contribution >= 0.6 is 0 Å². The van der Waals surface area contributed by atoms with Crippen molar-refractivity contribution in [3.63, 3.8) is 0 Å². The summed E-state index contributed by atoms with van der Waals surface area (Å²) in [7, 11) is 0. The van der Waals surface area contributed by atoms with Crippen molar-refractivity contribution in [1.29, 1.82) is 0 Å². The van der Waals surface area contributed by atoms with Gasteiger partial charge in [-0.3, -0.25) is 4.79 Å². The van der Waals surface area contributed by atoms with Gasteiger partial charge in [-0.15, -0.1) is 0 Å². The van der Waals surface area contributed by atoms with E-state index in [0.29, 0.717) is 24.3 Å². The van der Waals surface area contributed by atoms with Crippen LogP contribution in [0.2, 0.25) is 0 Å². The zero-order chi connectivity index (χ0) is 22.2. The van der Waals surface area contributed by atoms with Gasteiger partial charge in [0.1, 0.15) is 17.4 Å². The molecule has 0 fully saturated rings. The first-order chi connectivity index (χ1) is 14.9. The highest BCUT2D eigenvalue weighted by molar-refractivity contribution is 6.04. The average Bonchev–Trinajstić information content (AvgIpc) is 2.76. The number of hydrogen-bond donors (Lipinski definition) is 2. The first-order valence-electron chi connectivity index (χ1n) is 9.40. The lowest BCUT2D eigenvalue weighted by molar-refractivity contribution is -0.131. The lowest BCUT2D eigenvalue weighted by Gasteiger charge is -2.12. The van der Waals surface area contributed by atoms with E-state index in [9.17, 15) is 18.4 Å². The van der Waals surface area contributed by atoms with Crippen LogP contribution < -0.4 is 10.1 Å². The standard InChI is InChI=1S/C24H19F2NO4/c25-19-9-10-20(26)21(15-19)27-24(30)18-7-6-17(8-11-23(28)29)22(14-18)31-13-12-16-4-2-1-3-5-16/h1-11,14-15H,12-13H2,(H,27,30)(H,28,29)/b11-8+. The van der Waals surface area contributed by atoms with Gasteiger partial charge in [-0.05, 0) is 35.9 Å². The topological polar surface area (TPSA) is 75.6 Å². The van der Waals surface area contributed by atoms with Gasteiger partial charge in [0.05, 0.1) is 12.3 Å². The Morgan fingerprint density at radius 2 is 1.77 bits per heavy atom. The maximum absolute atomic E-state index is 13.8. The zero-order valence-corrected chi connectivity index (χ0v) is 16.3. The highest BCUT2D eigenvalue weighted by atomic mass is 19.1. The number of ether oxygens (including phenoxy) is 1. The van der Waals surface area contributed by atoms with Crippen LogP contribution in [0.5, 0.6) is 5.75 Å². The maximum Gasteiger partial charge on any atom is 0.328 e. The first-order valence-corrected chi connectivity index (χ1v) is 9.40. The molecule has 0 aliphatic rings. The number of hydrogen-bond acceptors (Lipinski definition) is 3. The molecule has 0 atom stereocenters. The molecule has 0 heterocycles. The first kappa shape index (κ1) is 21.7. The number of carbonyl (C=O) groups is 2. The zero-order valence-electron chi connectivity index (χ0n) is 16.3. The van der Waals surface area contributed by atoms with Crippen LogP contribution in [-0.4, -0.2) is 23.6 Å². The molecule has 0 aliphatic carbocycles. The molecule has 0 saturated carbocycles. The average molecular weight is 423 g/mol. The normalized spacial score (nSPS) is 10.8. The van der Waals surface area contributed by atoms with E-state index < -0.39 is 23.5 Å². The summed E-state index contributed by atoms with van der Waals surface area (Å²) in [5, 5.41) is 11.2. The Kier molecular flexibility index (Phi) is 7.11. The van der Waals surface area contributed by atoms with Crippen LogP contribution in [0.3, 0.4) is 0 Å². The molecule has 31 heavy (non-hydrogen) atoms. The van der Waals surface area contributed by atoms with Crippen LogP contribution in [-0.2, 0) is 11.2 Å². The second kappa shape index (κ2) is 10.2. The number of aliphatic carboxylic acids is 1. The molecule has 0 radical (unpaired) electrons. The van der Waals surface area contributed by atoms with Crippen LogP contribution in [0.15, 0.2) is 72.8 Å². The molecular weight excluding hydrogens is 404 g/mol. The second-order valence-electron chi connectivity index (χ2n) is 6.59. The number of halogens is 2. The summed E-state index contributed by atoms with van der Waals surface area (Å²) in [6.07, 6.45) is 2.92. The number of carboxylic acid groups (broad SMARTS) is 1. The molecule has 0 saturated heterocycles. The fourth-order valence-electron chi connectivity index (χ4n) is 2.81. The smallest absolute Gasteiger partial charge is 0.328 e. The van der Waals surface area contributed by atoms with Crippen LogP contribution in [0.25, 0.3) is 6.08 Å². The number of amides is 1. The number of rotatable bonds is 8. The molecule has 1 amide bonds. The fraction of sp³-hybridized carbons (Fsp3) is 0.0833. The number of carboxylic acids is 1. The number of anilines is 1. The SMILES string of the molecule is O=C(O)/C=C/c1ccc(C(=O)Nc2cc(F)ccc2F)cc1OCCc1ccccc1. The summed E-state index contributed by atoms with van der Waals surface area (Å²) >= 11 is 0. The molecule has 0 unspecified atom stereocenters. The minimum Gasteiger partial charge on any atom is -0.493 e. The monoisotopic (exact) mass is 423 g/mol. The van der Waals surface area contributed by atoms with E-state index >= 15 is 0 Å². The molecule has 2 N–H and O–H groups in total. The van der Waals surface area contributed by atoms with Crippen molar-refractivity contribution >= 4 is 23.6 Å². The van der Waals surface area contributed by atoms with Gasteiger partial charge in [-0.2, -0.15) is 0 Å². The van der Waals surface area contributed by atoms with Crippen molar-refractivity contribution in [2.45, 2.75) is 6.42 Å². The molecular formula is C24H19F2NO4. The van der Waals surface area contributed by atoms with Gasteiger partial charge in [0.25, 0.3) is 5.91 Å². The summed E-state index contributed by atoms with van der Waals surface area (Å²) in [5.41, 5.74) is 1.38. The Bertz CT molecular complexity index is 1110. The van der Waals surface area contributed by atoms with Crippen LogP contribution in [0.1, 0.15) is 21.5 Å². The molecule has 3 aromatic rings. The molecule has 7 heteroatoms. The summed E-state index contributed by atoms with van der Waals surface area (Å²) in [5.74, 6) is -2.95. The predicted molar refractivity (Wildman–Crippen MR) is 113 cm³/mol. The van der Waals surface area contributed by atoms with Crippen molar-refractivity contribution in [1.82, 2.24) is 0 Å². The second-order valence-corrected chi connectivity index (χ2v) is 6.59. The molecule has 3 aromatic carbocycles. The van der Waals surface area contributed by atoms with Gasteiger partial charge in [0.2, 0.25) is 0 Å². The fourth-order valence-corrected chi connectivity index (χ4v) is 2.81. The third kappa shape index (κ3) is 6.24. The van der Waals surface area contributed by atoms with Crippen LogP contribution in [0.4, 0.5) is 14.5 Å². The van der Waals surface area contributed by atoms with Gasteiger partial charge >= 0.3 is 5.97 Å². The lowest BCUT2D eigenvalue weighted by atomic mass is 10.1. The Balaban J connectivity index is 1.80. The van der Waals surface area contributed by atoms with Gasteiger partial charge < -0.3 is 15.2 Å². The van der Waals surface area contributed by atoms with Crippen molar-refractivity contribution in [2.24, 2.45) is 0 Å². The summed E-state index contributed by atoms with van der Waals surface area (Å²) in [6.45, 7) is 0.293.